The van der Waals surface area contributed by atoms with Crippen molar-refractivity contribution in [2.45, 2.75) is 10.9 Å². The molecule has 0 radical (unpaired) electrons. The van der Waals surface area contributed by atoms with Crippen LogP contribution < -0.4 is 10.9 Å². The normalized spacial score (nSPS) is 10.9. The molecule has 43 heavy (non-hydrogen) atoms. The van der Waals surface area contributed by atoms with Gasteiger partial charge in [-0.05, 0) is 64.5 Å². The molecule has 0 aliphatic rings. The zero-order chi connectivity index (χ0) is 29.9. The molecule has 6 rings (SSSR count). The first-order valence-electron chi connectivity index (χ1n) is 13.0. The highest BCUT2D eigenvalue weighted by Gasteiger charge is 2.19. The Bertz CT molecular complexity index is 2080. The Balaban J connectivity index is 1.26. The van der Waals surface area contributed by atoms with E-state index in [1.165, 1.54) is 17.8 Å². The summed E-state index contributed by atoms with van der Waals surface area (Å²) in [7, 11) is 0. The van der Waals surface area contributed by atoms with E-state index < -0.39 is 5.56 Å². The maximum absolute atomic E-state index is 13.0. The second kappa shape index (κ2) is 12.5. The third-order valence-corrected chi connectivity index (χ3v) is 9.43. The average molecular weight is 640 g/mol. The molecule has 0 bridgehead atoms. The quantitative estimate of drug-likeness (QED) is 0.104. The molecule has 0 atom stereocenters. The molecule has 1 amide bonds. The van der Waals surface area contributed by atoms with Crippen LogP contribution in [0.15, 0.2) is 107 Å². The van der Waals surface area contributed by atoms with Crippen LogP contribution in [0.5, 0.6) is 0 Å². The fourth-order valence-corrected chi connectivity index (χ4v) is 6.76. The summed E-state index contributed by atoms with van der Waals surface area (Å²) in [4.78, 5) is 37.9. The van der Waals surface area contributed by atoms with Crippen LogP contribution >= 0.6 is 46.3 Å². The van der Waals surface area contributed by atoms with E-state index in [-0.39, 0.29) is 11.6 Å². The largest absolute Gasteiger partial charge is 0.322 e. The predicted octanol–water partition coefficient (Wildman–Crippen LogP) is 9.72. The van der Waals surface area contributed by atoms with E-state index in [0.29, 0.717) is 37.9 Å². The summed E-state index contributed by atoms with van der Waals surface area (Å²) in [6.07, 6.45) is 0. The molecule has 6 nitrogen and oxygen atoms in total. The molecule has 0 spiro atoms. The van der Waals surface area contributed by atoms with Crippen molar-refractivity contribution < 1.29 is 4.79 Å². The number of carbonyl (C=O) groups excluding carboxylic acids is 1. The first-order valence-corrected chi connectivity index (χ1v) is 15.5. The molecule has 4 aromatic carbocycles. The van der Waals surface area contributed by atoms with Crippen molar-refractivity contribution in [1.82, 2.24) is 9.97 Å². The summed E-state index contributed by atoms with van der Waals surface area (Å²) >= 11 is 15.0. The van der Waals surface area contributed by atoms with Crippen LogP contribution in [0.4, 0.5) is 11.4 Å². The molecular formula is C33H20Cl2N4O2S2. The zero-order valence-corrected chi connectivity index (χ0v) is 25.4. The number of aromatic nitrogens is 2. The van der Waals surface area contributed by atoms with Crippen LogP contribution in [0, 0.1) is 6.57 Å². The van der Waals surface area contributed by atoms with Gasteiger partial charge in [-0.1, -0.05) is 89.6 Å². The van der Waals surface area contributed by atoms with E-state index in [1.807, 2.05) is 54.6 Å². The van der Waals surface area contributed by atoms with Crippen LogP contribution in [-0.2, 0) is 5.75 Å². The molecular weight excluding hydrogens is 619 g/mol. The van der Waals surface area contributed by atoms with Crippen molar-refractivity contribution in [2.24, 2.45) is 0 Å². The van der Waals surface area contributed by atoms with E-state index in [1.54, 1.807) is 29.5 Å². The summed E-state index contributed by atoms with van der Waals surface area (Å²) in [5.41, 5.74) is 3.34. The summed E-state index contributed by atoms with van der Waals surface area (Å²) in [6.45, 7) is 7.72. The number of H-pyrrole nitrogens is 1. The number of rotatable bonds is 7. The lowest BCUT2D eigenvalue weighted by atomic mass is 10.0. The molecule has 0 saturated carbocycles. The van der Waals surface area contributed by atoms with Gasteiger partial charge < -0.3 is 10.3 Å². The highest BCUT2D eigenvalue weighted by atomic mass is 35.5. The molecule has 0 saturated heterocycles. The second-order valence-corrected chi connectivity index (χ2v) is 12.3. The van der Waals surface area contributed by atoms with Gasteiger partial charge in [-0.2, -0.15) is 0 Å². The van der Waals surface area contributed by atoms with Gasteiger partial charge in [-0.25, -0.2) is 9.83 Å². The molecule has 10 heteroatoms. The van der Waals surface area contributed by atoms with Crippen LogP contribution in [0.3, 0.4) is 0 Å². The van der Waals surface area contributed by atoms with Gasteiger partial charge >= 0.3 is 0 Å². The van der Waals surface area contributed by atoms with Crippen molar-refractivity contribution in [1.29, 1.82) is 0 Å². The van der Waals surface area contributed by atoms with Crippen molar-refractivity contribution in [3.63, 3.8) is 0 Å². The summed E-state index contributed by atoms with van der Waals surface area (Å²) in [5, 5.41) is 5.08. The number of hydrogen-bond donors (Lipinski definition) is 2. The molecule has 2 N–H and O–H groups in total. The Labute approximate surface area is 265 Å². The van der Waals surface area contributed by atoms with Crippen molar-refractivity contribution in [3.05, 3.63) is 140 Å². The predicted molar refractivity (Wildman–Crippen MR) is 178 cm³/mol. The van der Waals surface area contributed by atoms with Crippen molar-refractivity contribution in [3.8, 4) is 21.7 Å². The number of halogens is 2. The van der Waals surface area contributed by atoms with E-state index in [4.69, 9.17) is 34.8 Å². The lowest BCUT2D eigenvalue weighted by Crippen LogP contribution is -2.12. The molecule has 0 unspecified atom stereocenters. The lowest BCUT2D eigenvalue weighted by Gasteiger charge is -2.11. The molecule has 2 aromatic heterocycles. The summed E-state index contributed by atoms with van der Waals surface area (Å²) < 4.78 is 1.16. The first-order chi connectivity index (χ1) is 20.9. The molecule has 210 valence electrons. The van der Waals surface area contributed by atoms with E-state index >= 15 is 0 Å². The van der Waals surface area contributed by atoms with Crippen LogP contribution in [-0.4, -0.2) is 15.9 Å². The van der Waals surface area contributed by atoms with Crippen LogP contribution in [0.2, 0.25) is 10.0 Å². The molecule has 0 fully saturated rings. The number of carbonyl (C=O) groups is 1. The molecule has 2 heterocycles. The standard InChI is InChI=1S/C33H20Cl2N4O2S2/c1-36-30-29(24-11-4-3-10-23(24)28-17-20-8-2-5-12-27(20)43-28)38-33(39-32(30)41)42-18-19-7-6-9-22(15-19)37-31(40)21-13-14-25(34)26(35)16-21/h2-17H,18H2,(H,37,40)(H,38,39,41). The Morgan fingerprint density at radius 1 is 0.930 bits per heavy atom. The number of hydrogen-bond acceptors (Lipinski definition) is 5. The number of nitrogens with zero attached hydrogens (tertiary/aromatic N) is 2. The number of anilines is 1. The topological polar surface area (TPSA) is 79.2 Å². The Kier molecular flexibility index (Phi) is 8.32. The second-order valence-electron chi connectivity index (χ2n) is 9.45. The van der Waals surface area contributed by atoms with Gasteiger partial charge in [0.2, 0.25) is 0 Å². The molecule has 0 aliphatic carbocycles. The maximum atomic E-state index is 13.0. The number of aromatic amines is 1. The smallest absolute Gasteiger partial charge is 0.276 e. The Morgan fingerprint density at radius 3 is 2.51 bits per heavy atom. The third kappa shape index (κ3) is 6.21. The average Bonchev–Trinajstić information content (AvgIpc) is 3.46. The Hall–Kier alpha value is -4.39. The van der Waals surface area contributed by atoms with E-state index in [0.717, 1.165) is 31.7 Å². The fourth-order valence-electron chi connectivity index (χ4n) is 4.56. The zero-order valence-electron chi connectivity index (χ0n) is 22.2. The summed E-state index contributed by atoms with van der Waals surface area (Å²) in [5.74, 6) is 0.153. The van der Waals surface area contributed by atoms with Gasteiger partial charge in [-0.15, -0.1) is 11.3 Å². The molecule has 0 aliphatic heterocycles. The number of fused-ring (bicyclic) bond motifs is 1. The minimum atomic E-state index is -0.490. The Morgan fingerprint density at radius 2 is 1.72 bits per heavy atom. The maximum Gasteiger partial charge on any atom is 0.276 e. The van der Waals surface area contributed by atoms with Gasteiger partial charge in [0.05, 0.1) is 22.3 Å². The fraction of sp³-hybridized carbons (Fsp3) is 0.0303. The number of thioether (sulfide) groups is 1. The van der Waals surface area contributed by atoms with Crippen molar-refractivity contribution >= 4 is 73.7 Å². The summed E-state index contributed by atoms with van der Waals surface area (Å²) in [6, 6.07) is 30.1. The van der Waals surface area contributed by atoms with E-state index in [9.17, 15) is 9.59 Å². The van der Waals surface area contributed by atoms with Crippen LogP contribution in [0.1, 0.15) is 15.9 Å². The number of benzene rings is 4. The number of nitrogens with one attached hydrogen (secondary N) is 2. The van der Waals surface area contributed by atoms with Gasteiger partial charge in [0.15, 0.2) is 5.16 Å². The third-order valence-electron chi connectivity index (χ3n) is 6.60. The minimum absolute atomic E-state index is 0.0510. The van der Waals surface area contributed by atoms with Gasteiger partial charge in [0.1, 0.15) is 0 Å². The minimum Gasteiger partial charge on any atom is -0.322 e. The van der Waals surface area contributed by atoms with Crippen LogP contribution in [0.25, 0.3) is 36.6 Å². The highest BCUT2D eigenvalue weighted by molar-refractivity contribution is 7.98. The van der Waals surface area contributed by atoms with Gasteiger partial charge in [0.25, 0.3) is 17.2 Å². The highest BCUT2D eigenvalue weighted by Crippen LogP contribution is 2.40. The van der Waals surface area contributed by atoms with Gasteiger partial charge in [0, 0.05) is 26.6 Å². The number of amides is 1. The number of thiophene rings is 1. The van der Waals surface area contributed by atoms with Gasteiger partial charge in [-0.3, -0.25) is 9.59 Å². The lowest BCUT2D eigenvalue weighted by molar-refractivity contribution is 0.102. The van der Waals surface area contributed by atoms with E-state index in [2.05, 4.69) is 33.3 Å². The monoisotopic (exact) mass is 638 g/mol. The first kappa shape index (κ1) is 28.7. The molecule has 6 aromatic rings. The SMILES string of the molecule is [C-]#[N+]c1c(-c2ccccc2-c2cc3ccccc3s2)nc(SCc2cccc(NC(=O)c3ccc(Cl)c(Cl)c3)c2)[nH]c1=O. The van der Waals surface area contributed by atoms with Crippen molar-refractivity contribution in [2.75, 3.05) is 5.32 Å².